The fourth-order valence-corrected chi connectivity index (χ4v) is 1.79. The molecule has 3 nitrogen and oxygen atoms in total. The van der Waals surface area contributed by atoms with Gasteiger partial charge in [-0.25, -0.2) is 0 Å². The summed E-state index contributed by atoms with van der Waals surface area (Å²) in [5.74, 6) is -0.311. The van der Waals surface area contributed by atoms with Crippen molar-refractivity contribution in [2.24, 2.45) is 5.41 Å². The van der Waals surface area contributed by atoms with Gasteiger partial charge in [-0.3, -0.25) is 4.79 Å². The maximum Gasteiger partial charge on any atom is 0.246 e. The third kappa shape index (κ3) is 6.58. The molecule has 0 saturated heterocycles. The SMILES string of the molecule is CC(C)(C)CC(C)(C)NC(=O)CO. The van der Waals surface area contributed by atoms with E-state index in [1.54, 1.807) is 0 Å². The van der Waals surface area contributed by atoms with Gasteiger partial charge >= 0.3 is 0 Å². The number of hydrogen-bond donors (Lipinski definition) is 2. The molecule has 0 aromatic rings. The molecule has 0 atom stereocenters. The highest BCUT2D eigenvalue weighted by atomic mass is 16.3. The zero-order chi connectivity index (χ0) is 10.7. The second-order valence-corrected chi connectivity index (χ2v) is 5.33. The molecular weight excluding hydrogens is 166 g/mol. The minimum Gasteiger partial charge on any atom is -0.387 e. The van der Waals surface area contributed by atoms with Gasteiger partial charge in [-0.15, -0.1) is 0 Å². The second kappa shape index (κ2) is 4.09. The number of carbonyl (C=O) groups excluding carboxylic acids is 1. The summed E-state index contributed by atoms with van der Waals surface area (Å²) in [5, 5.41) is 11.4. The van der Waals surface area contributed by atoms with Crippen LogP contribution in [-0.2, 0) is 4.79 Å². The second-order valence-electron chi connectivity index (χ2n) is 5.33. The van der Waals surface area contributed by atoms with Crippen LogP contribution < -0.4 is 5.32 Å². The summed E-state index contributed by atoms with van der Waals surface area (Å²) in [6.07, 6.45) is 0.881. The van der Waals surface area contributed by atoms with Crippen LogP contribution in [0.15, 0.2) is 0 Å². The van der Waals surface area contributed by atoms with Crippen molar-refractivity contribution in [1.29, 1.82) is 0 Å². The maximum absolute atomic E-state index is 11.0. The monoisotopic (exact) mass is 187 g/mol. The molecule has 2 N–H and O–H groups in total. The molecule has 0 radical (unpaired) electrons. The number of aliphatic hydroxyl groups is 1. The molecule has 78 valence electrons. The molecule has 0 aromatic carbocycles. The van der Waals surface area contributed by atoms with Crippen LogP contribution in [-0.4, -0.2) is 23.2 Å². The molecule has 3 heteroatoms. The Morgan fingerprint density at radius 2 is 1.69 bits per heavy atom. The lowest BCUT2D eigenvalue weighted by Gasteiger charge is -2.33. The number of carbonyl (C=O) groups is 1. The maximum atomic E-state index is 11.0. The molecule has 0 saturated carbocycles. The number of amides is 1. The van der Waals surface area contributed by atoms with Crippen molar-refractivity contribution in [2.75, 3.05) is 6.61 Å². The van der Waals surface area contributed by atoms with Crippen LogP contribution in [0.3, 0.4) is 0 Å². The molecule has 0 aliphatic carbocycles. The molecule has 0 bridgehead atoms. The van der Waals surface area contributed by atoms with Crippen molar-refractivity contribution >= 4 is 5.91 Å². The number of nitrogens with one attached hydrogen (secondary N) is 1. The molecular formula is C10H21NO2. The lowest BCUT2D eigenvalue weighted by molar-refractivity contribution is -0.125. The predicted octanol–water partition coefficient (Wildman–Crippen LogP) is 1.31. The van der Waals surface area contributed by atoms with Crippen LogP contribution >= 0.6 is 0 Å². The minimum absolute atomic E-state index is 0.173. The summed E-state index contributed by atoms with van der Waals surface area (Å²) in [6.45, 7) is 9.87. The number of rotatable bonds is 3. The van der Waals surface area contributed by atoms with Crippen LogP contribution in [0.4, 0.5) is 0 Å². The Hall–Kier alpha value is -0.570. The van der Waals surface area contributed by atoms with Gasteiger partial charge in [0.05, 0.1) is 0 Å². The van der Waals surface area contributed by atoms with Gasteiger partial charge in [0.15, 0.2) is 0 Å². The summed E-state index contributed by atoms with van der Waals surface area (Å²) < 4.78 is 0. The van der Waals surface area contributed by atoms with E-state index >= 15 is 0 Å². The van der Waals surface area contributed by atoms with Crippen LogP contribution in [0.1, 0.15) is 41.0 Å². The Morgan fingerprint density at radius 1 is 1.23 bits per heavy atom. The Bertz CT molecular complexity index is 180. The van der Waals surface area contributed by atoms with Crippen molar-refractivity contribution < 1.29 is 9.90 Å². The highest BCUT2D eigenvalue weighted by Crippen LogP contribution is 2.26. The van der Waals surface area contributed by atoms with Gasteiger partial charge in [-0.05, 0) is 25.7 Å². The van der Waals surface area contributed by atoms with E-state index < -0.39 is 6.61 Å². The van der Waals surface area contributed by atoms with Crippen molar-refractivity contribution in [3.63, 3.8) is 0 Å². The van der Waals surface area contributed by atoms with Gasteiger partial charge in [0.25, 0.3) is 0 Å². The van der Waals surface area contributed by atoms with Crippen LogP contribution in [0.25, 0.3) is 0 Å². The van der Waals surface area contributed by atoms with Crippen LogP contribution in [0, 0.1) is 5.41 Å². The lowest BCUT2D eigenvalue weighted by atomic mass is 9.82. The minimum atomic E-state index is -0.437. The number of hydrogen-bond acceptors (Lipinski definition) is 2. The first-order valence-corrected chi connectivity index (χ1v) is 4.58. The lowest BCUT2D eigenvalue weighted by Crippen LogP contribution is -2.46. The summed E-state index contributed by atoms with van der Waals surface area (Å²) in [6, 6.07) is 0. The van der Waals surface area contributed by atoms with E-state index in [2.05, 4.69) is 26.1 Å². The number of aliphatic hydroxyl groups excluding tert-OH is 1. The van der Waals surface area contributed by atoms with Crippen molar-refractivity contribution in [3.05, 3.63) is 0 Å². The first-order chi connectivity index (χ1) is 5.66. The van der Waals surface area contributed by atoms with E-state index in [0.29, 0.717) is 0 Å². The van der Waals surface area contributed by atoms with Gasteiger partial charge in [0, 0.05) is 5.54 Å². The van der Waals surface area contributed by atoms with Gasteiger partial charge in [0.2, 0.25) is 5.91 Å². The van der Waals surface area contributed by atoms with Crippen molar-refractivity contribution in [1.82, 2.24) is 5.32 Å². The fraction of sp³-hybridized carbons (Fsp3) is 0.900. The smallest absolute Gasteiger partial charge is 0.246 e. The third-order valence-electron chi connectivity index (χ3n) is 1.59. The highest BCUT2D eigenvalue weighted by Gasteiger charge is 2.26. The van der Waals surface area contributed by atoms with E-state index in [1.807, 2.05) is 13.8 Å². The van der Waals surface area contributed by atoms with Gasteiger partial charge in [-0.1, -0.05) is 20.8 Å². The largest absolute Gasteiger partial charge is 0.387 e. The Labute approximate surface area is 80.5 Å². The van der Waals surface area contributed by atoms with Crippen LogP contribution in [0.2, 0.25) is 0 Å². The quantitative estimate of drug-likeness (QED) is 0.700. The normalized spacial score (nSPS) is 12.8. The molecule has 0 fully saturated rings. The van der Waals surface area contributed by atoms with Crippen molar-refractivity contribution in [2.45, 2.75) is 46.6 Å². The van der Waals surface area contributed by atoms with E-state index in [-0.39, 0.29) is 16.9 Å². The van der Waals surface area contributed by atoms with E-state index in [0.717, 1.165) is 6.42 Å². The van der Waals surface area contributed by atoms with E-state index in [1.165, 1.54) is 0 Å². The first kappa shape index (κ1) is 12.4. The Balaban J connectivity index is 4.16. The van der Waals surface area contributed by atoms with Gasteiger partial charge in [0.1, 0.15) is 6.61 Å². The average molecular weight is 187 g/mol. The summed E-state index contributed by atoms with van der Waals surface area (Å²) in [4.78, 5) is 11.0. The van der Waals surface area contributed by atoms with Gasteiger partial charge in [-0.2, -0.15) is 0 Å². The predicted molar refractivity (Wildman–Crippen MR) is 53.4 cm³/mol. The molecule has 0 heterocycles. The third-order valence-corrected chi connectivity index (χ3v) is 1.59. The molecule has 1 amide bonds. The Morgan fingerprint density at radius 3 is 2.00 bits per heavy atom. The molecule has 0 aromatic heterocycles. The molecule has 0 unspecified atom stereocenters. The van der Waals surface area contributed by atoms with Gasteiger partial charge < -0.3 is 10.4 Å². The van der Waals surface area contributed by atoms with E-state index in [9.17, 15) is 4.79 Å². The van der Waals surface area contributed by atoms with E-state index in [4.69, 9.17) is 5.11 Å². The zero-order valence-electron chi connectivity index (χ0n) is 9.27. The topological polar surface area (TPSA) is 49.3 Å². The van der Waals surface area contributed by atoms with Crippen LogP contribution in [0.5, 0.6) is 0 Å². The molecule has 0 rings (SSSR count). The molecule has 0 spiro atoms. The first-order valence-electron chi connectivity index (χ1n) is 4.58. The van der Waals surface area contributed by atoms with Crippen molar-refractivity contribution in [3.8, 4) is 0 Å². The standard InChI is InChI=1S/C10H21NO2/c1-9(2,3)7-10(4,5)11-8(13)6-12/h12H,6-7H2,1-5H3,(H,11,13). The summed E-state index contributed by atoms with van der Waals surface area (Å²) >= 11 is 0. The summed E-state index contributed by atoms with van der Waals surface area (Å²) in [5.41, 5.74) is -0.0791. The molecule has 0 aliphatic rings. The fourth-order valence-electron chi connectivity index (χ4n) is 1.79. The average Bonchev–Trinajstić information content (AvgIpc) is 1.80. The highest BCUT2D eigenvalue weighted by molar-refractivity contribution is 5.77. The summed E-state index contributed by atoms with van der Waals surface area (Å²) in [7, 11) is 0. The molecule has 13 heavy (non-hydrogen) atoms. The Kier molecular flexibility index (Phi) is 3.91. The zero-order valence-corrected chi connectivity index (χ0v) is 9.27. The molecule has 0 aliphatic heterocycles.